The van der Waals surface area contributed by atoms with Gasteiger partial charge in [-0.15, -0.1) is 23.7 Å². The molecule has 2 amide bonds. The molecule has 1 heterocycles. The van der Waals surface area contributed by atoms with Gasteiger partial charge in [0.05, 0.1) is 5.00 Å². The van der Waals surface area contributed by atoms with E-state index in [1.807, 2.05) is 11.4 Å². The van der Waals surface area contributed by atoms with Crippen molar-refractivity contribution in [2.24, 2.45) is 5.73 Å². The van der Waals surface area contributed by atoms with Gasteiger partial charge < -0.3 is 5.73 Å². The normalized spacial score (nSPS) is 8.00. The Balaban J connectivity index is 0.000000810. The number of nitrogens with one attached hydrogen (secondary N) is 1. The molecule has 0 saturated heterocycles. The van der Waals surface area contributed by atoms with Gasteiger partial charge in [-0.1, -0.05) is 0 Å². The van der Waals surface area contributed by atoms with Crippen LogP contribution in [0.25, 0.3) is 0 Å². The Morgan fingerprint density at radius 3 is 2.80 bits per heavy atom. The molecule has 0 aliphatic rings. The number of hydrogen-bond donors (Lipinski definition) is 2. The smallest absolute Gasteiger partial charge is 0.317 e. The van der Waals surface area contributed by atoms with Crippen LogP contribution in [0.3, 0.4) is 0 Å². The maximum Gasteiger partial charge on any atom is 0.317 e. The van der Waals surface area contributed by atoms with E-state index in [0.29, 0.717) is 0 Å². The van der Waals surface area contributed by atoms with E-state index in [1.54, 1.807) is 6.07 Å². The molecule has 5 heteroatoms. The average Bonchev–Trinajstić information content (AvgIpc) is 2.15. The lowest BCUT2D eigenvalue weighted by atomic mass is 10.6. The van der Waals surface area contributed by atoms with Crippen molar-refractivity contribution >= 4 is 34.8 Å². The summed E-state index contributed by atoms with van der Waals surface area (Å²) in [5.41, 5.74) is 4.84. The van der Waals surface area contributed by atoms with Crippen LogP contribution in [0, 0.1) is 0 Å². The first-order valence-electron chi connectivity index (χ1n) is 2.39. The van der Waals surface area contributed by atoms with Crippen molar-refractivity contribution in [1.82, 2.24) is 0 Å². The van der Waals surface area contributed by atoms with Crippen LogP contribution >= 0.6 is 23.7 Å². The lowest BCUT2D eigenvalue weighted by Gasteiger charge is -1.92. The molecule has 0 saturated carbocycles. The number of thiophene rings is 1. The van der Waals surface area contributed by atoms with Crippen molar-refractivity contribution in [2.45, 2.75) is 0 Å². The van der Waals surface area contributed by atoms with Crippen LogP contribution < -0.4 is 11.1 Å². The molecule has 0 aromatic carbocycles. The first-order chi connectivity index (χ1) is 4.29. The van der Waals surface area contributed by atoms with Gasteiger partial charge in [0.1, 0.15) is 0 Å². The summed E-state index contributed by atoms with van der Waals surface area (Å²) < 4.78 is 0. The zero-order valence-corrected chi connectivity index (χ0v) is 6.67. The highest BCUT2D eigenvalue weighted by Gasteiger charge is 1.92. The van der Waals surface area contributed by atoms with Crippen LogP contribution in [0.15, 0.2) is 17.5 Å². The molecule has 0 unspecified atom stereocenters. The first-order valence-corrected chi connectivity index (χ1v) is 3.27. The highest BCUT2D eigenvalue weighted by Crippen LogP contribution is 2.13. The van der Waals surface area contributed by atoms with Gasteiger partial charge >= 0.3 is 6.03 Å². The first kappa shape index (κ1) is 9.26. The number of nitrogens with two attached hydrogens (primary N) is 1. The van der Waals surface area contributed by atoms with E-state index in [1.165, 1.54) is 11.3 Å². The minimum absolute atomic E-state index is 0. The molecule has 0 bridgehead atoms. The summed E-state index contributed by atoms with van der Waals surface area (Å²) in [5, 5.41) is 5.09. The monoisotopic (exact) mass is 178 g/mol. The number of carbonyl (C=O) groups is 1. The molecule has 0 atom stereocenters. The highest BCUT2D eigenvalue weighted by molar-refractivity contribution is 7.14. The minimum Gasteiger partial charge on any atom is -0.351 e. The number of primary amides is 1. The number of carbonyl (C=O) groups excluding carboxylic acids is 1. The van der Waals surface area contributed by atoms with Gasteiger partial charge in [-0.3, -0.25) is 5.32 Å². The standard InChI is InChI=1S/C5H6N2OS.ClH/c6-5(8)7-4-2-1-3-9-4;/h1-3H,(H3,6,7,8);1H. The van der Waals surface area contributed by atoms with Crippen LogP contribution in [0.4, 0.5) is 9.80 Å². The second kappa shape index (κ2) is 4.14. The predicted molar refractivity (Wildman–Crippen MR) is 44.8 cm³/mol. The third kappa shape index (κ3) is 2.70. The van der Waals surface area contributed by atoms with Crippen molar-refractivity contribution in [3.05, 3.63) is 17.5 Å². The Hall–Kier alpha value is -0.740. The van der Waals surface area contributed by atoms with Crippen molar-refractivity contribution < 1.29 is 4.79 Å². The number of anilines is 1. The Morgan fingerprint density at radius 1 is 1.70 bits per heavy atom. The molecular weight excluding hydrogens is 172 g/mol. The largest absolute Gasteiger partial charge is 0.351 e. The zero-order valence-electron chi connectivity index (χ0n) is 5.03. The number of hydrogen-bond acceptors (Lipinski definition) is 2. The average molecular weight is 179 g/mol. The number of urea groups is 1. The molecule has 0 aliphatic carbocycles. The molecule has 3 nitrogen and oxygen atoms in total. The molecule has 0 aliphatic heterocycles. The molecule has 10 heavy (non-hydrogen) atoms. The second-order valence-corrected chi connectivity index (χ2v) is 2.41. The summed E-state index contributed by atoms with van der Waals surface area (Å²) in [7, 11) is 0. The predicted octanol–water partition coefficient (Wildman–Crippen LogP) is 1.66. The molecule has 1 aromatic rings. The van der Waals surface area contributed by atoms with Crippen molar-refractivity contribution in [1.29, 1.82) is 0 Å². The van der Waals surface area contributed by atoms with E-state index in [0.717, 1.165) is 5.00 Å². The molecule has 0 fully saturated rings. The lowest BCUT2D eigenvalue weighted by Crippen LogP contribution is -2.18. The molecular formula is C5H7ClN2OS. The van der Waals surface area contributed by atoms with E-state index >= 15 is 0 Å². The number of amides is 2. The van der Waals surface area contributed by atoms with Crippen molar-refractivity contribution in [3.8, 4) is 0 Å². The van der Waals surface area contributed by atoms with Crippen molar-refractivity contribution in [2.75, 3.05) is 5.32 Å². The summed E-state index contributed by atoms with van der Waals surface area (Å²) in [5.74, 6) is 0. The van der Waals surface area contributed by atoms with Gasteiger partial charge in [-0.2, -0.15) is 0 Å². The molecule has 3 N–H and O–H groups in total. The van der Waals surface area contributed by atoms with Gasteiger partial charge in [0.2, 0.25) is 0 Å². The van der Waals surface area contributed by atoms with E-state index in [9.17, 15) is 4.79 Å². The van der Waals surface area contributed by atoms with Crippen LogP contribution in [0.5, 0.6) is 0 Å². The Kier molecular flexibility index (Phi) is 3.83. The summed E-state index contributed by atoms with van der Waals surface area (Å²) in [6.07, 6.45) is 0. The fraction of sp³-hybridized carbons (Fsp3) is 0. The Morgan fingerprint density at radius 2 is 2.40 bits per heavy atom. The summed E-state index contributed by atoms with van der Waals surface area (Å²) in [4.78, 5) is 10.2. The fourth-order valence-electron chi connectivity index (χ4n) is 0.471. The minimum atomic E-state index is -0.516. The van der Waals surface area contributed by atoms with Gasteiger partial charge in [-0.25, -0.2) is 4.79 Å². The Labute approximate surface area is 68.6 Å². The molecule has 56 valence electrons. The third-order valence-corrected chi connectivity index (χ3v) is 1.55. The summed E-state index contributed by atoms with van der Waals surface area (Å²) in [6, 6.07) is 3.11. The maximum absolute atomic E-state index is 10.2. The SMILES string of the molecule is Cl.NC(=O)Nc1cccs1. The van der Waals surface area contributed by atoms with Gasteiger partial charge in [0.15, 0.2) is 0 Å². The van der Waals surface area contributed by atoms with Crippen LogP contribution in [-0.2, 0) is 0 Å². The van der Waals surface area contributed by atoms with Gasteiger partial charge in [0.25, 0.3) is 0 Å². The summed E-state index contributed by atoms with van der Waals surface area (Å²) in [6.45, 7) is 0. The second-order valence-electron chi connectivity index (χ2n) is 1.47. The van der Waals surface area contributed by atoms with E-state index in [2.05, 4.69) is 5.32 Å². The van der Waals surface area contributed by atoms with Crippen LogP contribution in [0.1, 0.15) is 0 Å². The van der Waals surface area contributed by atoms with Crippen LogP contribution in [0.2, 0.25) is 0 Å². The quantitative estimate of drug-likeness (QED) is 0.675. The van der Waals surface area contributed by atoms with Gasteiger partial charge in [-0.05, 0) is 17.5 Å². The topological polar surface area (TPSA) is 55.1 Å². The van der Waals surface area contributed by atoms with E-state index in [-0.39, 0.29) is 12.4 Å². The van der Waals surface area contributed by atoms with Crippen molar-refractivity contribution in [3.63, 3.8) is 0 Å². The Bertz CT molecular complexity index is 199. The molecule has 0 spiro atoms. The van der Waals surface area contributed by atoms with E-state index in [4.69, 9.17) is 5.73 Å². The maximum atomic E-state index is 10.2. The fourth-order valence-corrected chi connectivity index (χ4v) is 1.09. The van der Waals surface area contributed by atoms with E-state index < -0.39 is 6.03 Å². The molecule has 1 aromatic heterocycles. The zero-order chi connectivity index (χ0) is 6.69. The summed E-state index contributed by atoms with van der Waals surface area (Å²) >= 11 is 1.44. The third-order valence-electron chi connectivity index (χ3n) is 0.768. The molecule has 0 radical (unpaired) electrons. The van der Waals surface area contributed by atoms with Crippen LogP contribution in [-0.4, -0.2) is 6.03 Å². The highest BCUT2D eigenvalue weighted by atomic mass is 35.5. The number of halogens is 1. The lowest BCUT2D eigenvalue weighted by molar-refractivity contribution is 0.259. The molecule has 1 rings (SSSR count). The number of rotatable bonds is 1. The van der Waals surface area contributed by atoms with Gasteiger partial charge in [0, 0.05) is 0 Å².